The predicted octanol–water partition coefficient (Wildman–Crippen LogP) is 4.01. The Labute approximate surface area is 154 Å². The van der Waals surface area contributed by atoms with E-state index in [4.69, 9.17) is 9.26 Å². The molecule has 2 N–H and O–H groups in total. The molecule has 0 aliphatic rings. The number of para-hydroxylation sites is 1. The Bertz CT molecular complexity index is 725. The summed E-state index contributed by atoms with van der Waals surface area (Å²) in [4.78, 5) is 12.4. The van der Waals surface area contributed by atoms with E-state index in [1.54, 1.807) is 26.0 Å². The van der Waals surface area contributed by atoms with Gasteiger partial charge in [0, 0.05) is 5.69 Å². The summed E-state index contributed by atoms with van der Waals surface area (Å²) in [6.07, 6.45) is 0.340. The molecule has 0 amide bonds. The van der Waals surface area contributed by atoms with E-state index in [2.05, 4.69) is 10.2 Å². The number of nitrogens with one attached hydrogen (secondary N) is 2. The Morgan fingerprint density at radius 2 is 1.62 bits per heavy atom. The number of ether oxygens (including phenoxy) is 1. The number of rotatable bonds is 10. The lowest BCUT2D eigenvalue weighted by Crippen LogP contribution is -2.39. The van der Waals surface area contributed by atoms with Crippen molar-refractivity contribution in [3.63, 3.8) is 0 Å². The number of hydrogen-bond donors (Lipinski definition) is 2. The SMILES string of the molecule is CCOC(=O)[C@H](Cc1ccccc1)NP(=O)(Nc1ccccc1)OCC. The number of hydrogen-bond acceptors (Lipinski definition) is 4. The number of carbonyl (C=O) groups excluding carboxylic acids is 1. The summed E-state index contributed by atoms with van der Waals surface area (Å²) in [6.45, 7) is 3.96. The van der Waals surface area contributed by atoms with Gasteiger partial charge in [-0.2, -0.15) is 0 Å². The summed E-state index contributed by atoms with van der Waals surface area (Å²) in [5.74, 6) is -0.467. The van der Waals surface area contributed by atoms with Crippen LogP contribution in [0.25, 0.3) is 0 Å². The number of carbonyl (C=O) groups is 1. The monoisotopic (exact) mass is 376 g/mol. The van der Waals surface area contributed by atoms with Crippen LogP contribution in [-0.4, -0.2) is 25.2 Å². The highest BCUT2D eigenvalue weighted by Crippen LogP contribution is 2.43. The maximum Gasteiger partial charge on any atom is 0.366 e. The molecule has 140 valence electrons. The van der Waals surface area contributed by atoms with Gasteiger partial charge in [-0.05, 0) is 38.0 Å². The van der Waals surface area contributed by atoms with Crippen molar-refractivity contribution >= 4 is 19.3 Å². The van der Waals surface area contributed by atoms with Gasteiger partial charge in [0.05, 0.1) is 13.2 Å². The maximum absolute atomic E-state index is 13.2. The third-order valence-electron chi connectivity index (χ3n) is 3.54. The fourth-order valence-electron chi connectivity index (χ4n) is 2.45. The zero-order valence-electron chi connectivity index (χ0n) is 15.1. The molecule has 0 radical (unpaired) electrons. The fraction of sp³-hybridized carbons (Fsp3) is 0.316. The minimum Gasteiger partial charge on any atom is -0.465 e. The largest absolute Gasteiger partial charge is 0.465 e. The maximum atomic E-state index is 13.2. The zero-order chi connectivity index (χ0) is 18.8. The summed E-state index contributed by atoms with van der Waals surface area (Å²) in [5, 5.41) is 5.74. The molecule has 2 aromatic carbocycles. The molecule has 0 aliphatic heterocycles. The molecule has 0 saturated carbocycles. The first-order valence-electron chi connectivity index (χ1n) is 8.62. The first-order chi connectivity index (χ1) is 12.6. The van der Waals surface area contributed by atoms with Crippen LogP contribution in [-0.2, 0) is 25.0 Å². The van der Waals surface area contributed by atoms with E-state index >= 15 is 0 Å². The molecule has 6 nitrogen and oxygen atoms in total. The molecule has 0 aromatic heterocycles. The standard InChI is InChI=1S/C19H25N2O4P/c1-3-24-19(22)18(15-16-11-7-5-8-12-16)21-26(23,25-4-2)20-17-13-9-6-10-14-17/h5-14,18H,3-4,15H2,1-2H3,(H2,20,21,23)/t18-,26?/m0/s1. The predicted molar refractivity (Wildman–Crippen MR) is 103 cm³/mol. The summed E-state index contributed by atoms with van der Waals surface area (Å²) in [6, 6.07) is 17.8. The molecule has 0 spiro atoms. The molecule has 2 rings (SSSR count). The average Bonchev–Trinajstić information content (AvgIpc) is 2.63. The zero-order valence-corrected chi connectivity index (χ0v) is 15.9. The first-order valence-corrected chi connectivity index (χ1v) is 10.2. The van der Waals surface area contributed by atoms with E-state index in [-0.39, 0.29) is 13.2 Å². The molecule has 26 heavy (non-hydrogen) atoms. The molecule has 2 aromatic rings. The van der Waals surface area contributed by atoms with Crippen LogP contribution in [0.2, 0.25) is 0 Å². The van der Waals surface area contributed by atoms with E-state index in [0.29, 0.717) is 12.1 Å². The molecular formula is C19H25N2O4P. The van der Waals surface area contributed by atoms with Crippen molar-refractivity contribution in [2.45, 2.75) is 26.3 Å². The molecule has 0 heterocycles. The topological polar surface area (TPSA) is 76.7 Å². The lowest BCUT2D eigenvalue weighted by Gasteiger charge is -2.25. The number of anilines is 1. The van der Waals surface area contributed by atoms with Gasteiger partial charge < -0.3 is 14.3 Å². The molecule has 1 unspecified atom stereocenters. The van der Waals surface area contributed by atoms with Crippen molar-refractivity contribution in [1.82, 2.24) is 5.09 Å². The van der Waals surface area contributed by atoms with E-state index < -0.39 is 19.7 Å². The average molecular weight is 376 g/mol. The molecular weight excluding hydrogens is 351 g/mol. The molecule has 0 fully saturated rings. The van der Waals surface area contributed by atoms with Crippen molar-refractivity contribution in [2.24, 2.45) is 0 Å². The van der Waals surface area contributed by atoms with Gasteiger partial charge in [-0.3, -0.25) is 4.79 Å². The Morgan fingerprint density at radius 1 is 1.00 bits per heavy atom. The van der Waals surface area contributed by atoms with Crippen molar-refractivity contribution < 1.29 is 18.6 Å². The van der Waals surface area contributed by atoms with Crippen molar-refractivity contribution in [3.05, 3.63) is 66.2 Å². The number of esters is 1. The molecule has 0 saturated heterocycles. The minimum atomic E-state index is -3.51. The first kappa shape index (κ1) is 20.2. The summed E-state index contributed by atoms with van der Waals surface area (Å²) in [5.41, 5.74) is 1.57. The van der Waals surface area contributed by atoms with E-state index in [1.165, 1.54) is 0 Å². The van der Waals surface area contributed by atoms with Crippen molar-refractivity contribution in [2.75, 3.05) is 18.3 Å². The fourth-order valence-corrected chi connectivity index (χ4v) is 4.11. The van der Waals surface area contributed by atoms with Gasteiger partial charge in [0.1, 0.15) is 6.04 Å². The second kappa shape index (κ2) is 10.1. The smallest absolute Gasteiger partial charge is 0.366 e. The highest BCUT2D eigenvalue weighted by Gasteiger charge is 2.31. The highest BCUT2D eigenvalue weighted by molar-refractivity contribution is 7.58. The van der Waals surface area contributed by atoms with Crippen LogP contribution in [0.4, 0.5) is 5.69 Å². The minimum absolute atomic E-state index is 0.227. The van der Waals surface area contributed by atoms with E-state index in [0.717, 1.165) is 5.56 Å². The number of benzene rings is 2. The normalized spacial score (nSPS) is 14.2. The van der Waals surface area contributed by atoms with Gasteiger partial charge in [-0.1, -0.05) is 48.5 Å². The highest BCUT2D eigenvalue weighted by atomic mass is 31.2. The second-order valence-electron chi connectivity index (χ2n) is 5.57. The van der Waals surface area contributed by atoms with Gasteiger partial charge in [0.15, 0.2) is 0 Å². The summed E-state index contributed by atoms with van der Waals surface area (Å²) >= 11 is 0. The summed E-state index contributed by atoms with van der Waals surface area (Å²) < 4.78 is 23.8. The molecule has 2 atom stereocenters. The quantitative estimate of drug-likeness (QED) is 0.482. The van der Waals surface area contributed by atoms with Crippen molar-refractivity contribution in [3.8, 4) is 0 Å². The Balaban J connectivity index is 2.20. The van der Waals surface area contributed by atoms with Crippen LogP contribution in [0.1, 0.15) is 19.4 Å². The van der Waals surface area contributed by atoms with Crippen LogP contribution in [0.3, 0.4) is 0 Å². The van der Waals surface area contributed by atoms with Crippen LogP contribution in [0, 0.1) is 0 Å². The second-order valence-corrected chi connectivity index (χ2v) is 7.41. The third-order valence-corrected chi connectivity index (χ3v) is 5.37. The van der Waals surface area contributed by atoms with Crippen LogP contribution in [0.15, 0.2) is 60.7 Å². The van der Waals surface area contributed by atoms with Gasteiger partial charge in [0.2, 0.25) is 0 Å². The van der Waals surface area contributed by atoms with Gasteiger partial charge in [-0.15, -0.1) is 0 Å². The van der Waals surface area contributed by atoms with Crippen LogP contribution >= 0.6 is 7.67 Å². The van der Waals surface area contributed by atoms with Gasteiger partial charge in [-0.25, -0.2) is 9.65 Å². The van der Waals surface area contributed by atoms with Crippen molar-refractivity contribution in [1.29, 1.82) is 0 Å². The Kier molecular flexibility index (Phi) is 7.85. The van der Waals surface area contributed by atoms with Gasteiger partial charge in [0.25, 0.3) is 0 Å². The third kappa shape index (κ3) is 6.30. The van der Waals surface area contributed by atoms with Crippen LogP contribution in [0.5, 0.6) is 0 Å². The molecule has 7 heteroatoms. The summed E-state index contributed by atoms with van der Waals surface area (Å²) in [7, 11) is -3.51. The lowest BCUT2D eigenvalue weighted by atomic mass is 10.1. The Hall–Kier alpha value is -2.14. The van der Waals surface area contributed by atoms with Crippen LogP contribution < -0.4 is 10.2 Å². The molecule has 0 bridgehead atoms. The van der Waals surface area contributed by atoms with E-state index in [1.807, 2.05) is 48.5 Å². The van der Waals surface area contributed by atoms with Gasteiger partial charge >= 0.3 is 13.6 Å². The Morgan fingerprint density at radius 3 is 2.19 bits per heavy atom. The molecule has 0 aliphatic carbocycles. The van der Waals surface area contributed by atoms with E-state index in [9.17, 15) is 9.36 Å². The lowest BCUT2D eigenvalue weighted by molar-refractivity contribution is -0.145.